The number of sulfone groups is 1. The molecule has 168 valence electrons. The summed E-state index contributed by atoms with van der Waals surface area (Å²) in [6.45, 7) is 4.63. The number of nitrogens with one attached hydrogen (secondary N) is 1. The van der Waals surface area contributed by atoms with Gasteiger partial charge in [-0.3, -0.25) is 9.59 Å². The van der Waals surface area contributed by atoms with Crippen molar-refractivity contribution < 1.29 is 17.9 Å². The predicted octanol–water partition coefficient (Wildman–Crippen LogP) is 3.91. The Kier molecular flexibility index (Phi) is 6.76. The van der Waals surface area contributed by atoms with Gasteiger partial charge >= 0.3 is 0 Å². The molecule has 0 unspecified atom stereocenters. The average molecular weight is 475 g/mol. The Morgan fingerprint density at radius 1 is 1.06 bits per heavy atom. The Morgan fingerprint density at radius 2 is 1.72 bits per heavy atom. The lowest BCUT2D eigenvalue weighted by atomic mass is 10.2. The molecule has 3 rings (SSSR count). The lowest BCUT2D eigenvalue weighted by Gasteiger charge is -2.16. The van der Waals surface area contributed by atoms with Crippen LogP contribution in [0, 0.1) is 20.8 Å². The van der Waals surface area contributed by atoms with Crippen LogP contribution in [-0.2, 0) is 21.2 Å². The number of aromatic nitrogens is 1. The lowest BCUT2D eigenvalue weighted by Crippen LogP contribution is -2.33. The summed E-state index contributed by atoms with van der Waals surface area (Å²) in [5.74, 6) is -0.142. The van der Waals surface area contributed by atoms with E-state index in [1.165, 1.54) is 19.2 Å². The van der Waals surface area contributed by atoms with Crippen LogP contribution in [0.5, 0.6) is 5.75 Å². The molecule has 0 aliphatic heterocycles. The van der Waals surface area contributed by atoms with E-state index in [2.05, 4.69) is 5.32 Å². The van der Waals surface area contributed by atoms with Gasteiger partial charge in [-0.05, 0) is 56.2 Å². The van der Waals surface area contributed by atoms with E-state index in [0.29, 0.717) is 27.7 Å². The standard InChI is InChI=1S/C23H23ClN2O5S/c1-14-11-19(20(31-4)12-18(14)24)25-21(27)13-26-16(3)10-15(2)22(23(26)28)32(29,30)17-8-6-5-7-9-17/h5-12H,13H2,1-4H3,(H,25,27). The minimum atomic E-state index is -4.06. The van der Waals surface area contributed by atoms with Gasteiger partial charge in [-0.1, -0.05) is 29.8 Å². The summed E-state index contributed by atoms with van der Waals surface area (Å²) >= 11 is 6.10. The fourth-order valence-electron chi connectivity index (χ4n) is 3.41. The molecular weight excluding hydrogens is 452 g/mol. The summed E-state index contributed by atoms with van der Waals surface area (Å²) in [5, 5.41) is 3.19. The van der Waals surface area contributed by atoms with Gasteiger partial charge in [0.1, 0.15) is 17.2 Å². The topological polar surface area (TPSA) is 94.5 Å². The summed E-state index contributed by atoms with van der Waals surface area (Å²) < 4.78 is 32.7. The van der Waals surface area contributed by atoms with E-state index in [-0.39, 0.29) is 16.3 Å². The summed E-state index contributed by atoms with van der Waals surface area (Å²) in [7, 11) is -2.60. The first-order valence-corrected chi connectivity index (χ1v) is 11.6. The van der Waals surface area contributed by atoms with Crippen LogP contribution in [0.15, 0.2) is 63.1 Å². The molecule has 2 aromatic carbocycles. The molecule has 1 aromatic heterocycles. The number of aryl methyl sites for hydroxylation is 3. The van der Waals surface area contributed by atoms with Crippen LogP contribution in [0.4, 0.5) is 5.69 Å². The number of carbonyl (C=O) groups is 1. The minimum absolute atomic E-state index is 0.0152. The SMILES string of the molecule is COc1cc(Cl)c(C)cc1NC(=O)Cn1c(C)cc(C)c(S(=O)(=O)c2ccccc2)c1=O. The van der Waals surface area contributed by atoms with Gasteiger partial charge in [0.05, 0.1) is 17.7 Å². The molecule has 0 bridgehead atoms. The molecule has 0 saturated heterocycles. The molecule has 0 spiro atoms. The van der Waals surface area contributed by atoms with Crippen LogP contribution in [0.25, 0.3) is 0 Å². The van der Waals surface area contributed by atoms with Gasteiger partial charge in [0.2, 0.25) is 15.7 Å². The Hall–Kier alpha value is -3.10. The number of amides is 1. The molecule has 32 heavy (non-hydrogen) atoms. The first-order chi connectivity index (χ1) is 15.1. The fourth-order valence-corrected chi connectivity index (χ4v) is 5.14. The number of hydrogen-bond acceptors (Lipinski definition) is 5. The smallest absolute Gasteiger partial charge is 0.270 e. The molecule has 0 radical (unpaired) electrons. The maximum Gasteiger partial charge on any atom is 0.270 e. The molecule has 1 N–H and O–H groups in total. The Labute approximate surface area is 191 Å². The van der Waals surface area contributed by atoms with Crippen LogP contribution in [0.3, 0.4) is 0 Å². The van der Waals surface area contributed by atoms with Crippen LogP contribution >= 0.6 is 11.6 Å². The van der Waals surface area contributed by atoms with Gasteiger partial charge in [0.25, 0.3) is 5.56 Å². The molecule has 0 saturated carbocycles. The summed E-state index contributed by atoms with van der Waals surface area (Å²) in [5.41, 5.74) is 1.18. The van der Waals surface area contributed by atoms with Crippen molar-refractivity contribution >= 4 is 33.0 Å². The van der Waals surface area contributed by atoms with Gasteiger partial charge in [0.15, 0.2) is 0 Å². The third-order valence-corrected chi connectivity index (χ3v) is 7.36. The molecule has 1 heterocycles. The molecule has 3 aromatic rings. The van der Waals surface area contributed by atoms with E-state index in [0.717, 1.165) is 10.1 Å². The molecule has 1 amide bonds. The van der Waals surface area contributed by atoms with E-state index < -0.39 is 21.3 Å². The van der Waals surface area contributed by atoms with Gasteiger partial charge in [-0.2, -0.15) is 0 Å². The van der Waals surface area contributed by atoms with Gasteiger partial charge in [0, 0.05) is 16.8 Å². The largest absolute Gasteiger partial charge is 0.495 e. The Morgan fingerprint density at radius 3 is 2.34 bits per heavy atom. The number of methoxy groups -OCH3 is 1. The Balaban J connectivity index is 2.00. The third-order valence-electron chi connectivity index (χ3n) is 5.03. The number of pyridine rings is 1. The maximum atomic E-state index is 13.2. The fraction of sp³-hybridized carbons (Fsp3) is 0.217. The van der Waals surface area contributed by atoms with Crippen molar-refractivity contribution in [1.29, 1.82) is 0 Å². The normalized spacial score (nSPS) is 11.3. The van der Waals surface area contributed by atoms with Crippen molar-refractivity contribution in [1.82, 2.24) is 4.57 Å². The average Bonchev–Trinajstić information content (AvgIpc) is 2.73. The number of halogens is 1. The highest BCUT2D eigenvalue weighted by molar-refractivity contribution is 7.91. The number of hydrogen-bond donors (Lipinski definition) is 1. The molecule has 7 nitrogen and oxygen atoms in total. The minimum Gasteiger partial charge on any atom is -0.495 e. The van der Waals surface area contributed by atoms with Crippen molar-refractivity contribution in [2.24, 2.45) is 0 Å². The monoisotopic (exact) mass is 474 g/mol. The van der Waals surface area contributed by atoms with Gasteiger partial charge < -0.3 is 14.6 Å². The number of rotatable bonds is 6. The van der Waals surface area contributed by atoms with E-state index in [1.807, 2.05) is 0 Å². The zero-order valence-electron chi connectivity index (χ0n) is 18.1. The second-order valence-electron chi connectivity index (χ2n) is 7.36. The molecule has 0 fully saturated rings. The summed E-state index contributed by atoms with van der Waals surface area (Å²) in [6, 6.07) is 12.6. The summed E-state index contributed by atoms with van der Waals surface area (Å²) in [4.78, 5) is 25.6. The first kappa shape index (κ1) is 23.6. The summed E-state index contributed by atoms with van der Waals surface area (Å²) in [6.07, 6.45) is 0. The molecule has 0 aliphatic carbocycles. The van der Waals surface area contributed by atoms with Crippen LogP contribution in [0.1, 0.15) is 16.8 Å². The first-order valence-electron chi connectivity index (χ1n) is 9.71. The number of carbonyl (C=O) groups excluding carboxylic acids is 1. The van der Waals surface area contributed by atoms with E-state index in [9.17, 15) is 18.0 Å². The lowest BCUT2D eigenvalue weighted by molar-refractivity contribution is -0.116. The van der Waals surface area contributed by atoms with Crippen molar-refractivity contribution in [3.8, 4) is 5.75 Å². The number of benzene rings is 2. The molecule has 9 heteroatoms. The highest BCUT2D eigenvalue weighted by Gasteiger charge is 2.26. The molecule has 0 aliphatic rings. The van der Waals surface area contributed by atoms with Crippen LogP contribution < -0.4 is 15.6 Å². The number of ether oxygens (including phenoxy) is 1. The molecule has 0 atom stereocenters. The highest BCUT2D eigenvalue weighted by Crippen LogP contribution is 2.31. The van der Waals surface area contributed by atoms with Crippen LogP contribution in [-0.4, -0.2) is 26.0 Å². The maximum absolute atomic E-state index is 13.2. The second kappa shape index (κ2) is 9.18. The second-order valence-corrected chi connectivity index (χ2v) is 9.65. The van der Waals surface area contributed by atoms with Crippen molar-refractivity contribution in [2.75, 3.05) is 12.4 Å². The number of nitrogens with zero attached hydrogens (tertiary/aromatic N) is 1. The van der Waals surface area contributed by atoms with Crippen molar-refractivity contribution in [3.63, 3.8) is 0 Å². The highest BCUT2D eigenvalue weighted by atomic mass is 35.5. The van der Waals surface area contributed by atoms with E-state index in [4.69, 9.17) is 16.3 Å². The van der Waals surface area contributed by atoms with Gasteiger partial charge in [-0.25, -0.2) is 8.42 Å². The van der Waals surface area contributed by atoms with Gasteiger partial charge in [-0.15, -0.1) is 0 Å². The number of anilines is 1. The third kappa shape index (κ3) is 4.56. The van der Waals surface area contributed by atoms with Crippen molar-refractivity contribution in [3.05, 3.63) is 80.7 Å². The van der Waals surface area contributed by atoms with Crippen molar-refractivity contribution in [2.45, 2.75) is 37.1 Å². The quantitative estimate of drug-likeness (QED) is 0.584. The zero-order chi connectivity index (χ0) is 23.6. The van der Waals surface area contributed by atoms with E-state index in [1.54, 1.807) is 57.2 Å². The zero-order valence-corrected chi connectivity index (χ0v) is 19.7. The van der Waals surface area contributed by atoms with E-state index >= 15 is 0 Å². The van der Waals surface area contributed by atoms with Crippen LogP contribution in [0.2, 0.25) is 5.02 Å². The predicted molar refractivity (Wildman–Crippen MR) is 123 cm³/mol. The Bertz CT molecular complexity index is 1350. The molecular formula is C23H23ClN2O5S.